The van der Waals surface area contributed by atoms with E-state index < -0.39 is 53.7 Å². The molecule has 31 heavy (non-hydrogen) atoms. The molecule has 2 aromatic rings. The molecular weight excluding hydrogens is 426 g/mol. The number of cyclic esters (lactones) is 1. The zero-order valence-corrected chi connectivity index (χ0v) is 17.1. The molecule has 0 spiro atoms. The second-order valence-electron chi connectivity index (χ2n) is 8.73. The molecule has 1 aliphatic heterocycles. The van der Waals surface area contributed by atoms with E-state index in [-0.39, 0.29) is 5.56 Å². The normalized spacial score (nSPS) is 25.3. The van der Waals surface area contributed by atoms with Crippen LogP contribution in [-0.4, -0.2) is 29.0 Å². The molecule has 0 radical (unpaired) electrons. The maximum atomic E-state index is 13.5. The lowest BCUT2D eigenvalue weighted by Crippen LogP contribution is -2.60. The molecule has 3 nitrogen and oxygen atoms in total. The van der Waals surface area contributed by atoms with Crippen molar-refractivity contribution >= 4 is 16.7 Å². The summed E-state index contributed by atoms with van der Waals surface area (Å²) < 4.78 is 86.5. The molecule has 0 aliphatic carbocycles. The first-order valence-electron chi connectivity index (χ1n) is 9.64. The number of aliphatic hydroxyl groups is 1. The van der Waals surface area contributed by atoms with Gasteiger partial charge in [-0.25, -0.2) is 0 Å². The minimum absolute atomic E-state index is 0.0316. The van der Waals surface area contributed by atoms with E-state index in [4.69, 9.17) is 4.74 Å². The van der Waals surface area contributed by atoms with Crippen molar-refractivity contribution in [2.24, 2.45) is 11.3 Å². The first kappa shape index (κ1) is 23.4. The van der Waals surface area contributed by atoms with E-state index in [0.29, 0.717) is 10.8 Å². The van der Waals surface area contributed by atoms with Crippen LogP contribution in [0.15, 0.2) is 42.5 Å². The Labute approximate surface area is 175 Å². The van der Waals surface area contributed by atoms with Crippen molar-refractivity contribution < 1.29 is 41.0 Å². The van der Waals surface area contributed by atoms with Gasteiger partial charge in [0.2, 0.25) is 0 Å². The fourth-order valence-electron chi connectivity index (χ4n) is 4.04. The van der Waals surface area contributed by atoms with Crippen molar-refractivity contribution in [1.29, 1.82) is 0 Å². The molecule has 2 atom stereocenters. The van der Waals surface area contributed by atoms with Gasteiger partial charge in [0, 0.05) is 12.8 Å². The fraction of sp³-hybridized carbons (Fsp3) is 0.500. The Bertz CT molecular complexity index is 983. The molecule has 1 aliphatic rings. The van der Waals surface area contributed by atoms with Gasteiger partial charge in [0.15, 0.2) is 0 Å². The number of ether oxygens (including phenoxy) is 1. The van der Waals surface area contributed by atoms with E-state index in [2.05, 4.69) is 0 Å². The molecule has 1 fully saturated rings. The second-order valence-corrected chi connectivity index (χ2v) is 8.73. The van der Waals surface area contributed by atoms with Crippen molar-refractivity contribution in [3.05, 3.63) is 48.0 Å². The lowest BCUT2D eigenvalue weighted by Gasteiger charge is -2.40. The predicted molar refractivity (Wildman–Crippen MR) is 101 cm³/mol. The Balaban J connectivity index is 2.24. The number of carbonyl (C=O) groups excluding carboxylic acids is 1. The minimum Gasteiger partial charge on any atom is -0.454 e. The summed E-state index contributed by atoms with van der Waals surface area (Å²) in [4.78, 5) is 12.7. The van der Waals surface area contributed by atoms with Gasteiger partial charge in [-0.3, -0.25) is 4.79 Å². The maximum absolute atomic E-state index is 13.5. The van der Waals surface area contributed by atoms with Crippen molar-refractivity contribution in [3.8, 4) is 0 Å². The van der Waals surface area contributed by atoms with Crippen LogP contribution in [0.3, 0.4) is 0 Å². The number of hydrogen-bond acceptors (Lipinski definition) is 3. The van der Waals surface area contributed by atoms with Crippen LogP contribution in [0.25, 0.3) is 10.8 Å². The third-order valence-corrected chi connectivity index (χ3v) is 6.44. The van der Waals surface area contributed by atoms with E-state index >= 15 is 0 Å². The fourth-order valence-corrected chi connectivity index (χ4v) is 4.04. The molecule has 0 amide bonds. The summed E-state index contributed by atoms with van der Waals surface area (Å²) in [6, 6.07) is 11.0. The van der Waals surface area contributed by atoms with Gasteiger partial charge in [0.1, 0.15) is 5.60 Å². The van der Waals surface area contributed by atoms with Crippen molar-refractivity contribution in [2.45, 2.75) is 57.2 Å². The Kier molecular flexibility index (Phi) is 5.37. The van der Waals surface area contributed by atoms with Gasteiger partial charge < -0.3 is 9.84 Å². The lowest BCUT2D eigenvalue weighted by molar-refractivity contribution is -0.378. The number of benzene rings is 2. The van der Waals surface area contributed by atoms with Crippen LogP contribution in [0, 0.1) is 11.3 Å². The molecule has 3 rings (SSSR count). The van der Waals surface area contributed by atoms with E-state index in [0.717, 1.165) is 0 Å². The first-order chi connectivity index (χ1) is 14.1. The average Bonchev–Trinajstić information content (AvgIpc) is 2.91. The second kappa shape index (κ2) is 7.12. The Morgan fingerprint density at radius 1 is 1.00 bits per heavy atom. The highest BCUT2D eigenvalue weighted by Crippen LogP contribution is 2.57. The van der Waals surface area contributed by atoms with E-state index in [1.165, 1.54) is 25.1 Å². The van der Waals surface area contributed by atoms with Crippen molar-refractivity contribution in [2.75, 3.05) is 0 Å². The topological polar surface area (TPSA) is 46.5 Å². The van der Waals surface area contributed by atoms with Gasteiger partial charge in [0.05, 0.1) is 5.41 Å². The molecule has 0 aromatic heterocycles. The van der Waals surface area contributed by atoms with Gasteiger partial charge in [-0.15, -0.1) is 0 Å². The highest BCUT2D eigenvalue weighted by Gasteiger charge is 2.74. The molecule has 170 valence electrons. The smallest absolute Gasteiger partial charge is 0.426 e. The maximum Gasteiger partial charge on any atom is 0.426 e. The van der Waals surface area contributed by atoms with Gasteiger partial charge in [0.25, 0.3) is 5.60 Å². The standard InChI is InChI=1S/C22H22F6O3/c1-13(2)18(3)11-19(31-17(18)29,12-20(30,21(23,24)25)22(26,27)28)16-9-8-14-6-4-5-7-15(14)10-16/h4-10,13,30H,11-12H2,1-3H3. The number of alkyl halides is 6. The summed E-state index contributed by atoms with van der Waals surface area (Å²) in [7, 11) is 0. The van der Waals surface area contributed by atoms with Gasteiger partial charge >= 0.3 is 18.3 Å². The summed E-state index contributed by atoms with van der Waals surface area (Å²) in [6.45, 7) is 4.72. The molecule has 1 N–H and O–H groups in total. The molecule has 1 saturated heterocycles. The highest BCUT2D eigenvalue weighted by molar-refractivity contribution is 5.84. The van der Waals surface area contributed by atoms with E-state index in [1.54, 1.807) is 38.1 Å². The highest BCUT2D eigenvalue weighted by atomic mass is 19.4. The quantitative estimate of drug-likeness (QED) is 0.469. The molecule has 2 aromatic carbocycles. The van der Waals surface area contributed by atoms with Crippen LogP contribution in [0.1, 0.15) is 39.2 Å². The third kappa shape index (κ3) is 3.66. The summed E-state index contributed by atoms with van der Waals surface area (Å²) in [5.74, 6) is -1.32. The molecular formula is C22H22F6O3. The molecule has 0 saturated carbocycles. The third-order valence-electron chi connectivity index (χ3n) is 6.44. The monoisotopic (exact) mass is 448 g/mol. The first-order valence-corrected chi connectivity index (χ1v) is 9.64. The van der Waals surface area contributed by atoms with Gasteiger partial charge in [-0.1, -0.05) is 50.2 Å². The summed E-state index contributed by atoms with van der Waals surface area (Å²) in [6.07, 6.45) is -14.4. The Morgan fingerprint density at radius 3 is 2.03 bits per heavy atom. The SMILES string of the molecule is CC(C)C1(C)CC(CC(O)(C(F)(F)F)C(F)(F)F)(c2ccc3ccccc3c2)OC1=O. The van der Waals surface area contributed by atoms with Crippen molar-refractivity contribution in [1.82, 2.24) is 0 Å². The Morgan fingerprint density at radius 2 is 1.55 bits per heavy atom. The van der Waals surface area contributed by atoms with Crippen LogP contribution in [0.5, 0.6) is 0 Å². The van der Waals surface area contributed by atoms with Crippen LogP contribution in [0.4, 0.5) is 26.3 Å². The predicted octanol–water partition coefficient (Wildman–Crippen LogP) is 5.89. The number of esters is 1. The summed E-state index contributed by atoms with van der Waals surface area (Å²) >= 11 is 0. The Hall–Kier alpha value is -2.29. The lowest BCUT2D eigenvalue weighted by atomic mass is 9.69. The number of hydrogen-bond donors (Lipinski definition) is 1. The average molecular weight is 448 g/mol. The van der Waals surface area contributed by atoms with E-state index in [9.17, 15) is 36.2 Å². The molecule has 2 unspecified atom stereocenters. The van der Waals surface area contributed by atoms with E-state index in [1.807, 2.05) is 0 Å². The number of halogens is 6. The van der Waals surface area contributed by atoms with Crippen LogP contribution >= 0.6 is 0 Å². The van der Waals surface area contributed by atoms with Gasteiger partial charge in [-0.05, 0) is 35.2 Å². The minimum atomic E-state index is -6.03. The van der Waals surface area contributed by atoms with Crippen LogP contribution < -0.4 is 0 Å². The number of fused-ring (bicyclic) bond motifs is 1. The number of rotatable bonds is 4. The molecule has 1 heterocycles. The molecule has 0 bridgehead atoms. The number of carbonyl (C=O) groups is 1. The zero-order valence-electron chi connectivity index (χ0n) is 17.1. The zero-order chi connectivity index (χ0) is 23.5. The van der Waals surface area contributed by atoms with Crippen LogP contribution in [-0.2, 0) is 15.1 Å². The largest absolute Gasteiger partial charge is 0.454 e. The summed E-state index contributed by atoms with van der Waals surface area (Å²) in [5.41, 5.74) is -8.74. The van der Waals surface area contributed by atoms with Crippen LogP contribution in [0.2, 0.25) is 0 Å². The summed E-state index contributed by atoms with van der Waals surface area (Å²) in [5, 5.41) is 11.2. The molecule has 9 heteroatoms. The van der Waals surface area contributed by atoms with Gasteiger partial charge in [-0.2, -0.15) is 26.3 Å². The van der Waals surface area contributed by atoms with Crippen molar-refractivity contribution in [3.63, 3.8) is 0 Å².